The molecular formula is C23H27FN4O4S. The topological polar surface area (TPSA) is 104 Å². The molecule has 10 heteroatoms. The standard InChI is InChI=1S/C23H27FN4O4S/c1-16(29)28-11-8-23(24,9-12-28)15-32-20-7-10-25-22-21(20)19(14-26-22)18-5-3-17(4-6-18)13-27-33(2,30)31/h3-7,10,14,27H,8-9,11-13,15H2,1-2H3,(H,25,26). The largest absolute Gasteiger partial charge is 0.489 e. The molecule has 8 nitrogen and oxygen atoms in total. The second kappa shape index (κ2) is 9.11. The summed E-state index contributed by atoms with van der Waals surface area (Å²) in [5, 5.41) is 0.754. The van der Waals surface area contributed by atoms with E-state index in [0.717, 1.165) is 28.3 Å². The van der Waals surface area contributed by atoms with Crippen molar-refractivity contribution in [3.63, 3.8) is 0 Å². The lowest BCUT2D eigenvalue weighted by Gasteiger charge is -2.35. The second-order valence-corrected chi connectivity index (χ2v) is 10.3. The first-order valence-electron chi connectivity index (χ1n) is 10.7. The Hall–Kier alpha value is -2.98. The number of likely N-dealkylation sites (tertiary alicyclic amines) is 1. The number of hydrogen-bond acceptors (Lipinski definition) is 5. The summed E-state index contributed by atoms with van der Waals surface area (Å²) >= 11 is 0. The fourth-order valence-corrected chi connectivity index (χ4v) is 4.39. The van der Waals surface area contributed by atoms with Crippen LogP contribution in [0.5, 0.6) is 5.75 Å². The highest BCUT2D eigenvalue weighted by Crippen LogP contribution is 2.36. The van der Waals surface area contributed by atoms with Crippen molar-refractivity contribution >= 4 is 27.0 Å². The molecule has 1 saturated heterocycles. The average Bonchev–Trinajstić information content (AvgIpc) is 3.21. The van der Waals surface area contributed by atoms with Crippen LogP contribution in [0.15, 0.2) is 42.7 Å². The maximum atomic E-state index is 15.3. The number of ether oxygens (including phenoxy) is 1. The molecular weight excluding hydrogens is 447 g/mol. The number of aromatic nitrogens is 2. The van der Waals surface area contributed by atoms with Gasteiger partial charge in [0, 0.05) is 57.4 Å². The Labute approximate surface area is 192 Å². The molecule has 176 valence electrons. The van der Waals surface area contributed by atoms with E-state index in [1.54, 1.807) is 17.2 Å². The van der Waals surface area contributed by atoms with Crippen LogP contribution in [0.25, 0.3) is 22.2 Å². The molecule has 0 unspecified atom stereocenters. The van der Waals surface area contributed by atoms with Crippen LogP contribution in [0.3, 0.4) is 0 Å². The number of piperidine rings is 1. The van der Waals surface area contributed by atoms with E-state index < -0.39 is 15.7 Å². The number of halogens is 1. The SMILES string of the molecule is CC(=O)N1CCC(F)(COc2ccnc3[nH]cc(-c4ccc(CNS(C)(=O)=O)cc4)c23)CC1. The molecule has 1 fully saturated rings. The van der Waals surface area contributed by atoms with Gasteiger partial charge in [0.25, 0.3) is 0 Å². The van der Waals surface area contributed by atoms with Crippen molar-refractivity contribution in [1.29, 1.82) is 0 Å². The summed E-state index contributed by atoms with van der Waals surface area (Å²) < 4.78 is 46.4. The number of nitrogens with zero attached hydrogens (tertiary/aromatic N) is 2. The minimum Gasteiger partial charge on any atom is -0.489 e. The smallest absolute Gasteiger partial charge is 0.219 e. The molecule has 0 atom stereocenters. The average molecular weight is 475 g/mol. The Kier molecular flexibility index (Phi) is 6.40. The van der Waals surface area contributed by atoms with E-state index in [9.17, 15) is 13.2 Å². The molecule has 0 saturated carbocycles. The number of carbonyl (C=O) groups excluding carboxylic acids is 1. The number of fused-ring (bicyclic) bond motifs is 1. The highest BCUT2D eigenvalue weighted by atomic mass is 32.2. The van der Waals surface area contributed by atoms with E-state index in [1.165, 1.54) is 6.92 Å². The Bertz CT molecular complexity index is 1250. The molecule has 0 aliphatic carbocycles. The third-order valence-corrected chi connectivity index (χ3v) is 6.60. The first-order chi connectivity index (χ1) is 15.6. The zero-order chi connectivity index (χ0) is 23.6. The monoisotopic (exact) mass is 474 g/mol. The van der Waals surface area contributed by atoms with Gasteiger partial charge in [-0.3, -0.25) is 4.79 Å². The molecule has 1 aromatic carbocycles. The number of amides is 1. The van der Waals surface area contributed by atoms with Gasteiger partial charge in [-0.25, -0.2) is 22.5 Å². The van der Waals surface area contributed by atoms with Crippen LogP contribution in [0, 0.1) is 0 Å². The summed E-state index contributed by atoms with van der Waals surface area (Å²) in [4.78, 5) is 20.7. The summed E-state index contributed by atoms with van der Waals surface area (Å²) in [7, 11) is -3.27. The quantitative estimate of drug-likeness (QED) is 0.548. The summed E-state index contributed by atoms with van der Waals surface area (Å²) in [5.41, 5.74) is 1.72. The molecule has 0 radical (unpaired) electrons. The number of carbonyl (C=O) groups is 1. The summed E-state index contributed by atoms with van der Waals surface area (Å²) in [6, 6.07) is 9.21. The van der Waals surface area contributed by atoms with E-state index in [1.807, 2.05) is 30.5 Å². The van der Waals surface area contributed by atoms with Crippen LogP contribution in [0.1, 0.15) is 25.3 Å². The molecule has 3 heterocycles. The third kappa shape index (κ3) is 5.51. The summed E-state index contributed by atoms with van der Waals surface area (Å²) in [6.45, 7) is 2.38. The number of nitrogens with one attached hydrogen (secondary N) is 2. The molecule has 33 heavy (non-hydrogen) atoms. The molecule has 1 amide bonds. The maximum Gasteiger partial charge on any atom is 0.219 e. The van der Waals surface area contributed by atoms with E-state index in [0.29, 0.717) is 24.5 Å². The fourth-order valence-electron chi connectivity index (χ4n) is 3.96. The number of hydrogen-bond donors (Lipinski definition) is 2. The summed E-state index contributed by atoms with van der Waals surface area (Å²) in [5.74, 6) is 0.494. The van der Waals surface area contributed by atoms with Crippen LogP contribution in [0.2, 0.25) is 0 Å². The minimum absolute atomic E-state index is 0.0381. The van der Waals surface area contributed by atoms with Crippen molar-refractivity contribution in [2.45, 2.75) is 32.0 Å². The van der Waals surface area contributed by atoms with Crippen molar-refractivity contribution < 1.29 is 22.3 Å². The number of pyridine rings is 1. The van der Waals surface area contributed by atoms with Gasteiger partial charge in [-0.1, -0.05) is 24.3 Å². The Morgan fingerprint density at radius 1 is 1.24 bits per heavy atom. The Morgan fingerprint density at radius 3 is 2.58 bits per heavy atom. The number of benzene rings is 1. The number of alkyl halides is 1. The first-order valence-corrected chi connectivity index (χ1v) is 12.6. The minimum atomic E-state index is -3.27. The summed E-state index contributed by atoms with van der Waals surface area (Å²) in [6.07, 6.45) is 5.04. The van der Waals surface area contributed by atoms with Crippen LogP contribution in [-0.2, 0) is 21.4 Å². The van der Waals surface area contributed by atoms with Gasteiger partial charge in [-0.2, -0.15) is 0 Å². The van der Waals surface area contributed by atoms with Gasteiger partial charge in [-0.15, -0.1) is 0 Å². The molecule has 1 aliphatic heterocycles. The lowest BCUT2D eigenvalue weighted by Crippen LogP contribution is -2.46. The predicted molar refractivity (Wildman–Crippen MR) is 124 cm³/mol. The second-order valence-electron chi connectivity index (χ2n) is 8.47. The van der Waals surface area contributed by atoms with Crippen molar-refractivity contribution in [3.8, 4) is 16.9 Å². The van der Waals surface area contributed by atoms with E-state index >= 15 is 4.39 Å². The predicted octanol–water partition coefficient (Wildman–Crippen LogP) is 3.01. The van der Waals surface area contributed by atoms with Gasteiger partial charge < -0.3 is 14.6 Å². The van der Waals surface area contributed by atoms with E-state index in [-0.39, 0.29) is 31.9 Å². The Balaban J connectivity index is 1.52. The van der Waals surface area contributed by atoms with Gasteiger partial charge in [-0.05, 0) is 17.2 Å². The number of H-pyrrole nitrogens is 1. The highest BCUT2D eigenvalue weighted by Gasteiger charge is 2.36. The van der Waals surface area contributed by atoms with Gasteiger partial charge in [0.05, 0.1) is 11.6 Å². The molecule has 1 aliphatic rings. The van der Waals surface area contributed by atoms with Gasteiger partial charge in [0.15, 0.2) is 0 Å². The third-order valence-electron chi connectivity index (χ3n) is 5.93. The molecule has 3 aromatic rings. The van der Waals surface area contributed by atoms with Crippen LogP contribution in [0.4, 0.5) is 4.39 Å². The first kappa shape index (κ1) is 23.2. The number of sulfonamides is 1. The van der Waals surface area contributed by atoms with Crippen molar-refractivity contribution in [2.24, 2.45) is 0 Å². The van der Waals surface area contributed by atoms with Gasteiger partial charge >= 0.3 is 0 Å². The van der Waals surface area contributed by atoms with Crippen LogP contribution >= 0.6 is 0 Å². The maximum absolute atomic E-state index is 15.3. The van der Waals surface area contributed by atoms with Crippen LogP contribution < -0.4 is 9.46 Å². The van der Waals surface area contributed by atoms with Crippen LogP contribution in [-0.4, -0.2) is 60.8 Å². The lowest BCUT2D eigenvalue weighted by atomic mass is 9.94. The zero-order valence-corrected chi connectivity index (χ0v) is 19.4. The van der Waals surface area contributed by atoms with Gasteiger partial charge in [0.2, 0.25) is 15.9 Å². The zero-order valence-electron chi connectivity index (χ0n) is 18.6. The normalized spacial score (nSPS) is 16.2. The molecule has 0 spiro atoms. The lowest BCUT2D eigenvalue weighted by molar-refractivity contribution is -0.131. The molecule has 2 aromatic heterocycles. The molecule has 2 N–H and O–H groups in total. The van der Waals surface area contributed by atoms with Crippen molar-refractivity contribution in [3.05, 3.63) is 48.3 Å². The molecule has 4 rings (SSSR count). The molecule has 0 bridgehead atoms. The number of aromatic amines is 1. The number of rotatable bonds is 7. The van der Waals surface area contributed by atoms with E-state index in [4.69, 9.17) is 4.74 Å². The van der Waals surface area contributed by atoms with Crippen molar-refractivity contribution in [2.75, 3.05) is 26.0 Å². The highest BCUT2D eigenvalue weighted by molar-refractivity contribution is 7.88. The van der Waals surface area contributed by atoms with E-state index in [2.05, 4.69) is 14.7 Å². The Morgan fingerprint density at radius 2 is 1.94 bits per heavy atom. The van der Waals surface area contributed by atoms with Crippen molar-refractivity contribution in [1.82, 2.24) is 19.6 Å². The fraction of sp³-hybridized carbons (Fsp3) is 0.391. The van der Waals surface area contributed by atoms with Gasteiger partial charge in [0.1, 0.15) is 23.7 Å².